The van der Waals surface area contributed by atoms with E-state index in [9.17, 15) is 18.0 Å². The number of nitrogens with one attached hydrogen (secondary N) is 1. The van der Waals surface area contributed by atoms with Crippen molar-refractivity contribution < 1.29 is 32.2 Å². The second kappa shape index (κ2) is 9.72. The van der Waals surface area contributed by atoms with Gasteiger partial charge in [-0.1, -0.05) is 12.1 Å². The topological polar surface area (TPSA) is 134 Å². The van der Waals surface area contributed by atoms with Gasteiger partial charge in [-0.2, -0.15) is 0 Å². The van der Waals surface area contributed by atoms with Crippen LogP contribution in [0.25, 0.3) is 0 Å². The first-order valence-electron chi connectivity index (χ1n) is 8.14. The Morgan fingerprint density at radius 3 is 2.36 bits per heavy atom. The Balaban J connectivity index is 1.71. The molecule has 0 bridgehead atoms. The van der Waals surface area contributed by atoms with E-state index in [4.69, 9.17) is 19.3 Å². The van der Waals surface area contributed by atoms with E-state index in [0.29, 0.717) is 17.1 Å². The highest BCUT2D eigenvalue weighted by Crippen LogP contribution is 2.17. The number of carbonyl (C=O) groups is 2. The van der Waals surface area contributed by atoms with Crippen LogP contribution >= 0.6 is 0 Å². The molecule has 150 valence electrons. The van der Waals surface area contributed by atoms with E-state index in [1.165, 1.54) is 31.4 Å². The number of ether oxygens (including phenoxy) is 3. The molecule has 0 heterocycles. The Morgan fingerprint density at radius 1 is 1.04 bits per heavy atom. The molecule has 0 radical (unpaired) electrons. The minimum atomic E-state index is -3.76. The number of primary sulfonamides is 1. The van der Waals surface area contributed by atoms with Gasteiger partial charge in [0.2, 0.25) is 10.0 Å². The molecule has 0 saturated heterocycles. The van der Waals surface area contributed by atoms with E-state index in [2.05, 4.69) is 5.32 Å². The van der Waals surface area contributed by atoms with E-state index in [-0.39, 0.29) is 24.7 Å². The van der Waals surface area contributed by atoms with Crippen molar-refractivity contribution in [2.24, 2.45) is 5.14 Å². The summed E-state index contributed by atoms with van der Waals surface area (Å²) in [5.74, 6) is -0.292. The van der Waals surface area contributed by atoms with Crippen molar-refractivity contribution in [1.82, 2.24) is 5.32 Å². The fourth-order valence-corrected chi connectivity index (χ4v) is 2.69. The van der Waals surface area contributed by atoms with E-state index in [0.717, 1.165) is 0 Å². The Bertz CT molecular complexity index is 927. The molecule has 0 fully saturated rings. The van der Waals surface area contributed by atoms with Crippen molar-refractivity contribution in [3.8, 4) is 11.5 Å². The SMILES string of the molecule is COc1ccccc1C(=O)NCC(=O)OCCOc1ccc(S(N)(=O)=O)cc1. The molecule has 0 spiro atoms. The van der Waals surface area contributed by atoms with Gasteiger partial charge in [0, 0.05) is 0 Å². The molecular formula is C18H20N2O7S. The fourth-order valence-electron chi connectivity index (χ4n) is 2.17. The van der Waals surface area contributed by atoms with Gasteiger partial charge in [0.05, 0.1) is 17.6 Å². The van der Waals surface area contributed by atoms with Crippen LogP contribution < -0.4 is 19.9 Å². The Kier molecular flexibility index (Phi) is 7.36. The zero-order valence-corrected chi connectivity index (χ0v) is 15.9. The summed E-state index contributed by atoms with van der Waals surface area (Å²) in [7, 11) is -2.31. The second-order valence-electron chi connectivity index (χ2n) is 5.47. The first-order valence-corrected chi connectivity index (χ1v) is 9.68. The lowest BCUT2D eigenvalue weighted by molar-refractivity contribution is -0.143. The number of para-hydroxylation sites is 1. The second-order valence-corrected chi connectivity index (χ2v) is 7.03. The lowest BCUT2D eigenvalue weighted by Crippen LogP contribution is -2.31. The van der Waals surface area contributed by atoms with Gasteiger partial charge in [-0.15, -0.1) is 0 Å². The molecule has 0 unspecified atom stereocenters. The highest BCUT2D eigenvalue weighted by atomic mass is 32.2. The van der Waals surface area contributed by atoms with Crippen LogP contribution in [0.15, 0.2) is 53.4 Å². The molecule has 0 aliphatic carbocycles. The summed E-state index contributed by atoms with van der Waals surface area (Å²) in [6.45, 7) is -0.291. The van der Waals surface area contributed by atoms with Crippen molar-refractivity contribution in [3.05, 3.63) is 54.1 Å². The Hall–Kier alpha value is -3.11. The molecule has 0 atom stereocenters. The molecule has 3 N–H and O–H groups in total. The van der Waals surface area contributed by atoms with Gasteiger partial charge in [-0.05, 0) is 36.4 Å². The third kappa shape index (κ3) is 6.25. The minimum Gasteiger partial charge on any atom is -0.496 e. The van der Waals surface area contributed by atoms with Crippen LogP contribution in [0.4, 0.5) is 0 Å². The summed E-state index contributed by atoms with van der Waals surface area (Å²) in [5, 5.41) is 7.45. The van der Waals surface area contributed by atoms with Crippen LogP contribution in [0.2, 0.25) is 0 Å². The number of amides is 1. The van der Waals surface area contributed by atoms with Gasteiger partial charge in [-0.3, -0.25) is 9.59 Å². The van der Waals surface area contributed by atoms with E-state index >= 15 is 0 Å². The van der Waals surface area contributed by atoms with Crippen molar-refractivity contribution in [2.75, 3.05) is 26.9 Å². The average Bonchev–Trinajstić information content (AvgIpc) is 2.69. The third-order valence-corrected chi connectivity index (χ3v) is 4.44. The average molecular weight is 408 g/mol. The molecular weight excluding hydrogens is 388 g/mol. The zero-order valence-electron chi connectivity index (χ0n) is 15.1. The largest absolute Gasteiger partial charge is 0.496 e. The minimum absolute atomic E-state index is 0.0305. The predicted octanol–water partition coefficient (Wildman–Crippen LogP) is 0.695. The number of hydrogen-bond donors (Lipinski definition) is 2. The molecule has 2 aromatic rings. The van der Waals surface area contributed by atoms with Crippen molar-refractivity contribution in [3.63, 3.8) is 0 Å². The standard InChI is InChI=1S/C18H20N2O7S/c1-25-16-5-3-2-4-15(16)18(22)20-12-17(21)27-11-10-26-13-6-8-14(9-7-13)28(19,23)24/h2-9H,10-12H2,1H3,(H,20,22)(H2,19,23,24). The number of sulfonamides is 1. The first-order chi connectivity index (χ1) is 13.3. The van der Waals surface area contributed by atoms with Gasteiger partial charge >= 0.3 is 5.97 Å². The number of carbonyl (C=O) groups excluding carboxylic acids is 2. The summed E-state index contributed by atoms with van der Waals surface area (Å²) >= 11 is 0. The molecule has 0 aromatic heterocycles. The summed E-state index contributed by atoms with van der Waals surface area (Å²) in [5.41, 5.74) is 0.309. The summed E-state index contributed by atoms with van der Waals surface area (Å²) in [6, 6.07) is 12.1. The van der Waals surface area contributed by atoms with Crippen molar-refractivity contribution >= 4 is 21.9 Å². The van der Waals surface area contributed by atoms with Crippen LogP contribution in [0.5, 0.6) is 11.5 Å². The quantitative estimate of drug-likeness (QED) is 0.461. The summed E-state index contributed by atoms with van der Waals surface area (Å²) in [6.07, 6.45) is 0. The van der Waals surface area contributed by atoms with Gasteiger partial charge < -0.3 is 19.5 Å². The van der Waals surface area contributed by atoms with Crippen LogP contribution in [0.3, 0.4) is 0 Å². The summed E-state index contributed by atoms with van der Waals surface area (Å²) < 4.78 is 37.7. The monoisotopic (exact) mass is 408 g/mol. The smallest absolute Gasteiger partial charge is 0.325 e. The first kappa shape index (κ1) is 21.2. The molecule has 2 rings (SSSR count). The predicted molar refractivity (Wildman–Crippen MR) is 99.6 cm³/mol. The highest BCUT2D eigenvalue weighted by molar-refractivity contribution is 7.89. The molecule has 2 aromatic carbocycles. The van der Waals surface area contributed by atoms with Crippen LogP contribution in [-0.4, -0.2) is 47.2 Å². The normalized spacial score (nSPS) is 10.8. The lowest BCUT2D eigenvalue weighted by Gasteiger charge is -2.10. The van der Waals surface area contributed by atoms with Crippen LogP contribution in [-0.2, 0) is 19.6 Å². The summed E-state index contributed by atoms with van der Waals surface area (Å²) in [4.78, 5) is 23.7. The van der Waals surface area contributed by atoms with Gasteiger partial charge in [0.1, 0.15) is 31.3 Å². The maximum Gasteiger partial charge on any atom is 0.325 e. The van der Waals surface area contributed by atoms with Crippen molar-refractivity contribution in [2.45, 2.75) is 4.90 Å². The van der Waals surface area contributed by atoms with Crippen LogP contribution in [0, 0.1) is 0 Å². The van der Waals surface area contributed by atoms with E-state index in [1.807, 2.05) is 0 Å². The van der Waals surface area contributed by atoms with Gasteiger partial charge in [0.15, 0.2) is 0 Å². The van der Waals surface area contributed by atoms with E-state index < -0.39 is 21.9 Å². The number of nitrogens with two attached hydrogens (primary N) is 1. The Morgan fingerprint density at radius 2 is 1.71 bits per heavy atom. The van der Waals surface area contributed by atoms with Crippen LogP contribution in [0.1, 0.15) is 10.4 Å². The maximum absolute atomic E-state index is 12.1. The maximum atomic E-state index is 12.1. The number of hydrogen-bond acceptors (Lipinski definition) is 7. The number of methoxy groups -OCH3 is 1. The molecule has 9 nitrogen and oxygen atoms in total. The molecule has 10 heteroatoms. The number of esters is 1. The number of benzene rings is 2. The highest BCUT2D eigenvalue weighted by Gasteiger charge is 2.13. The van der Waals surface area contributed by atoms with Gasteiger partial charge in [-0.25, -0.2) is 13.6 Å². The van der Waals surface area contributed by atoms with Gasteiger partial charge in [0.25, 0.3) is 5.91 Å². The third-order valence-electron chi connectivity index (χ3n) is 3.51. The number of rotatable bonds is 9. The molecule has 0 saturated carbocycles. The molecule has 1 amide bonds. The molecule has 28 heavy (non-hydrogen) atoms. The van der Waals surface area contributed by atoms with E-state index in [1.54, 1.807) is 24.3 Å². The molecule has 0 aliphatic rings. The lowest BCUT2D eigenvalue weighted by atomic mass is 10.2. The Labute approximate surface area is 162 Å². The molecule has 0 aliphatic heterocycles. The fraction of sp³-hybridized carbons (Fsp3) is 0.222. The van der Waals surface area contributed by atoms with Crippen molar-refractivity contribution in [1.29, 1.82) is 0 Å². The zero-order chi connectivity index (χ0) is 20.6.